The Kier molecular flexibility index (Phi) is 58.7. The number of amides is 4. The van der Waals surface area contributed by atoms with Crippen LogP contribution in [0, 0.1) is 39.9 Å². The van der Waals surface area contributed by atoms with Gasteiger partial charge in [-0.05, 0) is 49.9 Å². The predicted octanol–water partition coefficient (Wildman–Crippen LogP) is -11.8. The van der Waals surface area contributed by atoms with E-state index in [0.717, 1.165) is 22.3 Å². The molecule has 1 aliphatic heterocycles. The summed E-state index contributed by atoms with van der Waals surface area (Å²) in [5, 5.41) is 12.6. The number of carbonyl (C=O) groups excluding carboxylic acids is 4. The Bertz CT molecular complexity index is 1660. The van der Waals surface area contributed by atoms with Gasteiger partial charge in [0.05, 0.1) is 50.3 Å². The van der Waals surface area contributed by atoms with Crippen LogP contribution in [0.4, 0.5) is 0 Å². The molecule has 0 aliphatic carbocycles. The largest absolute Gasteiger partial charge is 3.00 e. The van der Waals surface area contributed by atoms with E-state index in [1.165, 1.54) is 0 Å². The van der Waals surface area contributed by atoms with E-state index in [1.54, 1.807) is 0 Å². The van der Waals surface area contributed by atoms with Gasteiger partial charge in [-0.15, -0.1) is 0 Å². The van der Waals surface area contributed by atoms with E-state index < -0.39 is 0 Å². The van der Waals surface area contributed by atoms with Crippen molar-refractivity contribution in [2.24, 2.45) is 0 Å². The van der Waals surface area contributed by atoms with Gasteiger partial charge in [0.1, 0.15) is 0 Å². The summed E-state index contributed by atoms with van der Waals surface area (Å²) in [5.41, 5.74) is 4.10. The molecule has 0 spiro atoms. The summed E-state index contributed by atoms with van der Waals surface area (Å²) >= 11 is 0. The first kappa shape index (κ1) is 89.0. The maximum Gasteiger partial charge on any atom is 3.00 e. The minimum absolute atomic E-state index is 0. The van der Waals surface area contributed by atoms with Crippen LogP contribution in [0.5, 0.6) is 0 Å². The number of nitrogens with zero attached hydrogens (tertiary/aromatic N) is 4. The molecule has 0 aromatic heterocycles. The Hall–Kier alpha value is -3.57. The number of rotatable bonds is 16. The van der Waals surface area contributed by atoms with E-state index in [4.69, 9.17) is 0 Å². The molecule has 1 aliphatic rings. The summed E-state index contributed by atoms with van der Waals surface area (Å²) in [6, 6.07) is 38.9. The Labute approximate surface area is 480 Å². The van der Waals surface area contributed by atoms with E-state index in [-0.39, 0.29) is 200 Å². The molecular formula is C48H83Cl3GdN8O13+. The Morgan fingerprint density at radius 2 is 0.479 bits per heavy atom. The maximum absolute atomic E-state index is 13.6. The van der Waals surface area contributed by atoms with Crippen LogP contribution in [0.1, 0.15) is 74.1 Å². The van der Waals surface area contributed by atoms with Crippen molar-refractivity contribution in [2.45, 2.75) is 51.9 Å². The van der Waals surface area contributed by atoms with E-state index in [9.17, 15) is 19.2 Å². The van der Waals surface area contributed by atoms with Crippen LogP contribution in [-0.2, 0) is 24.7 Å². The predicted molar refractivity (Wildman–Crippen MR) is 272 cm³/mol. The van der Waals surface area contributed by atoms with Crippen molar-refractivity contribution in [3.05, 3.63) is 144 Å². The van der Waals surface area contributed by atoms with Gasteiger partial charge in [-0.3, -0.25) is 38.8 Å². The van der Waals surface area contributed by atoms with E-state index in [2.05, 4.69) is 40.9 Å². The average Bonchev–Trinajstić information content (AvgIpc) is 3.25. The molecule has 421 valence electrons. The molecule has 0 saturated carbocycles. The molecule has 25 heteroatoms. The molecule has 4 aromatic rings. The van der Waals surface area contributed by atoms with E-state index >= 15 is 0 Å². The van der Waals surface area contributed by atoms with Crippen LogP contribution in [0.25, 0.3) is 0 Å². The van der Waals surface area contributed by atoms with Gasteiger partial charge in [-0.2, -0.15) is 0 Å². The first-order valence-corrected chi connectivity index (χ1v) is 21.3. The number of hydrogen-bond acceptors (Lipinski definition) is 8. The second-order valence-corrected chi connectivity index (χ2v) is 15.9. The third kappa shape index (κ3) is 32.5. The second-order valence-electron chi connectivity index (χ2n) is 15.9. The molecule has 0 unspecified atom stereocenters. The average molecular weight is 1240 g/mol. The molecule has 21 nitrogen and oxygen atoms in total. The third-order valence-corrected chi connectivity index (χ3v) is 11.1. The van der Waals surface area contributed by atoms with Crippen LogP contribution in [0.3, 0.4) is 0 Å². The SMILES string of the molecule is C[C@H](NC(=O)CN1CCN(CC(=O)N[C@@H](C)c2ccccc2)CCN(CC(=O)N[C@@H](C)c2ccccc2)CCN(CC(=O)N[C@@H](C)c2ccccc2)CC1)c1ccccc1.O.O.O.O.O.O.O.O.[Cl-].[Cl-].[Cl-].[Gd+3].[OH3+]. The number of nitrogens with one attached hydrogen (secondary N) is 4. The van der Waals surface area contributed by atoms with Gasteiger partial charge in [0.25, 0.3) is 0 Å². The zero-order valence-corrected chi connectivity index (χ0v) is 46.4. The molecular weight excluding hydrogens is 1160 g/mol. The van der Waals surface area contributed by atoms with Gasteiger partial charge in [0.2, 0.25) is 23.6 Å². The summed E-state index contributed by atoms with van der Waals surface area (Å²) in [5.74, 6) is -0.380. The number of hydrogen-bond donors (Lipinski definition) is 4. The minimum atomic E-state index is -0.163. The van der Waals surface area contributed by atoms with Crippen molar-refractivity contribution in [2.75, 3.05) is 78.5 Å². The summed E-state index contributed by atoms with van der Waals surface area (Å²) in [6.07, 6.45) is 0. The number of carbonyl (C=O) groups is 4. The monoisotopic (exact) mass is 1240 g/mol. The molecule has 1 heterocycles. The third-order valence-electron chi connectivity index (χ3n) is 11.1. The van der Waals surface area contributed by atoms with Crippen LogP contribution < -0.4 is 58.5 Å². The number of benzene rings is 4. The summed E-state index contributed by atoms with van der Waals surface area (Å²) in [7, 11) is 0. The maximum atomic E-state index is 13.6. The van der Waals surface area contributed by atoms with E-state index in [1.807, 2.05) is 149 Å². The van der Waals surface area contributed by atoms with Crippen LogP contribution >= 0.6 is 0 Å². The van der Waals surface area contributed by atoms with Crippen molar-refractivity contribution < 1.29 is 146 Å². The first-order chi connectivity index (χ1) is 29.0. The first-order valence-electron chi connectivity index (χ1n) is 21.3. The quantitative estimate of drug-likeness (QED) is 0.0779. The van der Waals surface area contributed by atoms with E-state index in [0.29, 0.717) is 52.4 Å². The molecule has 4 amide bonds. The molecule has 0 bridgehead atoms. The van der Waals surface area contributed by atoms with Crippen molar-refractivity contribution in [1.29, 1.82) is 0 Å². The Morgan fingerprint density at radius 1 is 0.342 bits per heavy atom. The van der Waals surface area contributed by atoms with Gasteiger partial charge in [-0.25, -0.2) is 0 Å². The normalized spacial score (nSPS) is 14.1. The van der Waals surface area contributed by atoms with Crippen molar-refractivity contribution in [3.63, 3.8) is 0 Å². The molecule has 23 N–H and O–H groups in total. The summed E-state index contributed by atoms with van der Waals surface area (Å²) in [6.45, 7) is 12.8. The van der Waals surface area contributed by atoms with Crippen LogP contribution in [-0.4, -0.2) is 166 Å². The van der Waals surface area contributed by atoms with Crippen LogP contribution in [0.2, 0.25) is 0 Å². The zero-order chi connectivity index (χ0) is 42.7. The summed E-state index contributed by atoms with van der Waals surface area (Å²) in [4.78, 5) is 62.7. The Balaban J connectivity index is -0.000000450. The van der Waals surface area contributed by atoms with Gasteiger partial charge >= 0.3 is 39.9 Å². The van der Waals surface area contributed by atoms with Crippen LogP contribution in [0.15, 0.2) is 121 Å². The fraction of sp³-hybridized carbons (Fsp3) is 0.417. The standard InChI is InChI=1S/C48H64N8O4.3ClH.Gd.9H2O/c1-37(41-17-9-5-10-18-41)49-45(57)33-53-25-27-54(34-46(58)50-38(2)42-19-11-6-12-20-42)29-31-56(36-48(60)52-40(4)44-23-15-8-16-24-44)32-30-55(28-26-53)35-47(59)51-39(3)43-21-13-7-14-22-43;;;;;;;;;;;;;/h5-24,37-40H,25-36H2,1-4H3,(H,49,57)(H,50,58)(H,51,59)(H,52,60);3*1H;;9*1H2/q;;;;+3;;;;;;;;;/p-2/t37-,38-,39-,40-;;;;;;;;;;;;;/m0............./s1. The van der Waals surface area contributed by atoms with Gasteiger partial charge in [0.15, 0.2) is 0 Å². The van der Waals surface area contributed by atoms with Crippen molar-refractivity contribution >= 4 is 23.6 Å². The summed E-state index contributed by atoms with van der Waals surface area (Å²) < 4.78 is 0. The molecule has 1 radical (unpaired) electrons. The fourth-order valence-electron chi connectivity index (χ4n) is 7.47. The molecule has 1 saturated heterocycles. The topological polar surface area (TPSA) is 414 Å². The van der Waals surface area contributed by atoms with Crippen molar-refractivity contribution in [3.8, 4) is 0 Å². The number of halogens is 3. The molecule has 73 heavy (non-hydrogen) atoms. The smallest absolute Gasteiger partial charge is 1.00 e. The molecule has 4 aromatic carbocycles. The van der Waals surface area contributed by atoms with Gasteiger partial charge in [-0.1, -0.05) is 121 Å². The van der Waals surface area contributed by atoms with Gasteiger partial charge in [0, 0.05) is 52.4 Å². The Morgan fingerprint density at radius 3 is 0.616 bits per heavy atom. The zero-order valence-electron chi connectivity index (χ0n) is 41.8. The van der Waals surface area contributed by atoms with Crippen molar-refractivity contribution in [1.82, 2.24) is 40.9 Å². The molecule has 4 atom stereocenters. The molecule has 5 rings (SSSR count). The molecule has 1 fully saturated rings. The fourth-order valence-corrected chi connectivity index (χ4v) is 7.47. The minimum Gasteiger partial charge on any atom is -1.00 e. The second kappa shape index (κ2) is 48.1. The van der Waals surface area contributed by atoms with Gasteiger partial charge < -0.3 is 108 Å².